The molecular formula is C24H22N4O2. The maximum Gasteiger partial charge on any atom is 0.271 e. The van der Waals surface area contributed by atoms with E-state index >= 15 is 0 Å². The lowest BCUT2D eigenvalue weighted by Crippen LogP contribution is -2.22. The first-order valence-corrected chi connectivity index (χ1v) is 9.45. The summed E-state index contributed by atoms with van der Waals surface area (Å²) in [6, 6.07) is 25.5. The molecule has 6 heteroatoms. The van der Waals surface area contributed by atoms with E-state index in [1.807, 2.05) is 74.5 Å². The van der Waals surface area contributed by atoms with Crippen molar-refractivity contribution < 1.29 is 9.59 Å². The van der Waals surface area contributed by atoms with E-state index in [9.17, 15) is 9.59 Å². The SMILES string of the molecule is CC(=NNC(=O)c1cccc(C(=O)NN=C(C)c2ccccc2)c1)c1ccccc1. The van der Waals surface area contributed by atoms with Gasteiger partial charge in [-0.3, -0.25) is 9.59 Å². The topological polar surface area (TPSA) is 82.9 Å². The zero-order chi connectivity index (χ0) is 21.3. The normalized spacial score (nSPS) is 11.7. The third-order valence-electron chi connectivity index (χ3n) is 4.42. The molecule has 0 spiro atoms. The van der Waals surface area contributed by atoms with Gasteiger partial charge in [-0.1, -0.05) is 66.7 Å². The van der Waals surface area contributed by atoms with Crippen molar-refractivity contribution in [3.63, 3.8) is 0 Å². The van der Waals surface area contributed by atoms with Crippen LogP contribution in [0.2, 0.25) is 0 Å². The van der Waals surface area contributed by atoms with Gasteiger partial charge >= 0.3 is 0 Å². The Labute approximate surface area is 175 Å². The molecule has 0 saturated heterocycles. The maximum atomic E-state index is 12.4. The molecule has 0 bridgehead atoms. The van der Waals surface area contributed by atoms with Crippen molar-refractivity contribution in [3.05, 3.63) is 107 Å². The Morgan fingerprint density at radius 1 is 0.567 bits per heavy atom. The third-order valence-corrected chi connectivity index (χ3v) is 4.42. The number of nitrogens with one attached hydrogen (secondary N) is 2. The van der Waals surface area contributed by atoms with Crippen LogP contribution in [0, 0.1) is 0 Å². The van der Waals surface area contributed by atoms with Crippen LogP contribution < -0.4 is 10.9 Å². The number of carbonyl (C=O) groups excluding carboxylic acids is 2. The zero-order valence-electron chi connectivity index (χ0n) is 16.8. The van der Waals surface area contributed by atoms with Crippen molar-refractivity contribution in [2.24, 2.45) is 10.2 Å². The van der Waals surface area contributed by atoms with Crippen molar-refractivity contribution in [2.75, 3.05) is 0 Å². The van der Waals surface area contributed by atoms with Gasteiger partial charge < -0.3 is 0 Å². The molecule has 0 aromatic heterocycles. The summed E-state index contributed by atoms with van der Waals surface area (Å²) < 4.78 is 0. The summed E-state index contributed by atoms with van der Waals surface area (Å²) in [6.07, 6.45) is 0. The van der Waals surface area contributed by atoms with Gasteiger partial charge in [0, 0.05) is 11.1 Å². The van der Waals surface area contributed by atoms with Crippen LogP contribution in [-0.2, 0) is 0 Å². The average Bonchev–Trinajstić information content (AvgIpc) is 2.81. The Balaban J connectivity index is 1.66. The molecule has 2 N–H and O–H groups in total. The van der Waals surface area contributed by atoms with Gasteiger partial charge in [-0.15, -0.1) is 0 Å². The minimum atomic E-state index is -0.399. The molecule has 150 valence electrons. The first kappa shape index (κ1) is 20.7. The number of hydrazone groups is 2. The highest BCUT2D eigenvalue weighted by atomic mass is 16.2. The van der Waals surface area contributed by atoms with Crippen molar-refractivity contribution in [1.82, 2.24) is 10.9 Å². The van der Waals surface area contributed by atoms with Crippen molar-refractivity contribution in [3.8, 4) is 0 Å². The molecule has 2 amide bonds. The first-order valence-electron chi connectivity index (χ1n) is 9.45. The van der Waals surface area contributed by atoms with Crippen LogP contribution in [0.4, 0.5) is 0 Å². The minimum absolute atomic E-state index is 0.330. The number of rotatable bonds is 6. The Morgan fingerprint density at radius 3 is 1.33 bits per heavy atom. The minimum Gasteiger partial charge on any atom is -0.267 e. The fraction of sp³-hybridized carbons (Fsp3) is 0.0833. The predicted octanol–water partition coefficient (Wildman–Crippen LogP) is 3.99. The lowest BCUT2D eigenvalue weighted by atomic mass is 10.1. The quantitative estimate of drug-likeness (QED) is 0.486. The van der Waals surface area contributed by atoms with E-state index in [4.69, 9.17) is 0 Å². The Morgan fingerprint density at radius 2 is 0.933 bits per heavy atom. The van der Waals surface area contributed by atoms with Crippen LogP contribution in [0.3, 0.4) is 0 Å². The summed E-state index contributed by atoms with van der Waals surface area (Å²) in [5.41, 5.74) is 8.91. The molecule has 6 nitrogen and oxygen atoms in total. The van der Waals surface area contributed by atoms with E-state index in [1.165, 1.54) is 6.07 Å². The van der Waals surface area contributed by atoms with Gasteiger partial charge in [0.25, 0.3) is 11.8 Å². The van der Waals surface area contributed by atoms with Crippen LogP contribution in [0.1, 0.15) is 45.7 Å². The number of hydrogen-bond donors (Lipinski definition) is 2. The van der Waals surface area contributed by atoms with Gasteiger partial charge in [0.2, 0.25) is 0 Å². The monoisotopic (exact) mass is 398 g/mol. The average molecular weight is 398 g/mol. The highest BCUT2D eigenvalue weighted by Gasteiger charge is 2.10. The molecule has 0 heterocycles. The van der Waals surface area contributed by atoms with Gasteiger partial charge in [0.1, 0.15) is 0 Å². The van der Waals surface area contributed by atoms with Gasteiger partial charge in [0.05, 0.1) is 11.4 Å². The lowest BCUT2D eigenvalue weighted by Gasteiger charge is -2.06. The largest absolute Gasteiger partial charge is 0.271 e. The van der Waals surface area contributed by atoms with E-state index in [1.54, 1.807) is 18.2 Å². The van der Waals surface area contributed by atoms with E-state index in [0.29, 0.717) is 22.6 Å². The number of nitrogens with zero attached hydrogens (tertiary/aromatic N) is 2. The van der Waals surface area contributed by atoms with Gasteiger partial charge in [-0.2, -0.15) is 10.2 Å². The van der Waals surface area contributed by atoms with E-state index < -0.39 is 11.8 Å². The summed E-state index contributed by atoms with van der Waals surface area (Å²) in [6.45, 7) is 3.62. The van der Waals surface area contributed by atoms with Crippen molar-refractivity contribution in [1.29, 1.82) is 0 Å². The second kappa shape index (κ2) is 9.93. The highest BCUT2D eigenvalue weighted by molar-refractivity contribution is 6.03. The number of carbonyl (C=O) groups is 2. The van der Waals surface area contributed by atoms with E-state index in [0.717, 1.165) is 11.1 Å². The molecule has 3 aromatic carbocycles. The van der Waals surface area contributed by atoms with Crippen LogP contribution in [0.15, 0.2) is 95.1 Å². The Kier molecular flexibility index (Phi) is 6.84. The molecule has 0 radical (unpaired) electrons. The summed E-state index contributed by atoms with van der Waals surface area (Å²) in [5, 5.41) is 8.27. The molecular weight excluding hydrogens is 376 g/mol. The summed E-state index contributed by atoms with van der Waals surface area (Å²) in [7, 11) is 0. The molecule has 0 atom stereocenters. The summed E-state index contributed by atoms with van der Waals surface area (Å²) in [4.78, 5) is 24.9. The molecule has 30 heavy (non-hydrogen) atoms. The Bertz CT molecular complexity index is 1010. The second-order valence-electron chi connectivity index (χ2n) is 6.59. The fourth-order valence-corrected chi connectivity index (χ4v) is 2.69. The molecule has 0 aliphatic carbocycles. The molecule has 0 saturated carbocycles. The molecule has 0 aliphatic rings. The molecule has 3 rings (SSSR count). The number of amides is 2. The number of benzene rings is 3. The first-order chi connectivity index (χ1) is 14.5. The van der Waals surface area contributed by atoms with Gasteiger partial charge in [-0.25, -0.2) is 10.9 Å². The van der Waals surface area contributed by atoms with Crippen LogP contribution >= 0.6 is 0 Å². The number of hydrogen-bond acceptors (Lipinski definition) is 4. The van der Waals surface area contributed by atoms with Crippen molar-refractivity contribution >= 4 is 23.2 Å². The Hall–Kier alpha value is -4.06. The highest BCUT2D eigenvalue weighted by Crippen LogP contribution is 2.07. The van der Waals surface area contributed by atoms with Crippen LogP contribution in [0.25, 0.3) is 0 Å². The molecule has 0 unspecified atom stereocenters. The molecule has 3 aromatic rings. The zero-order valence-corrected chi connectivity index (χ0v) is 16.8. The van der Waals surface area contributed by atoms with E-state index in [2.05, 4.69) is 21.1 Å². The lowest BCUT2D eigenvalue weighted by molar-refractivity contribution is 0.0954. The molecule has 0 aliphatic heterocycles. The second-order valence-corrected chi connectivity index (χ2v) is 6.59. The standard InChI is InChI=1S/C24H22N4O2/c1-17(19-10-5-3-6-11-19)25-27-23(29)21-14-9-15-22(16-21)24(30)28-26-18(2)20-12-7-4-8-13-20/h3-16H,1-2H3,(H,27,29)(H,28,30). The predicted molar refractivity (Wildman–Crippen MR) is 119 cm³/mol. The third kappa shape index (κ3) is 5.48. The smallest absolute Gasteiger partial charge is 0.267 e. The van der Waals surface area contributed by atoms with E-state index in [-0.39, 0.29) is 0 Å². The van der Waals surface area contributed by atoms with Crippen LogP contribution in [-0.4, -0.2) is 23.2 Å². The van der Waals surface area contributed by atoms with Crippen molar-refractivity contribution in [2.45, 2.75) is 13.8 Å². The van der Waals surface area contributed by atoms with Gasteiger partial charge in [0.15, 0.2) is 0 Å². The summed E-state index contributed by atoms with van der Waals surface area (Å²) >= 11 is 0. The maximum absolute atomic E-state index is 12.4. The molecule has 0 fully saturated rings. The van der Waals surface area contributed by atoms with Gasteiger partial charge in [-0.05, 0) is 43.2 Å². The summed E-state index contributed by atoms with van der Waals surface area (Å²) in [5.74, 6) is -0.798. The van der Waals surface area contributed by atoms with Crippen LogP contribution in [0.5, 0.6) is 0 Å². The fourth-order valence-electron chi connectivity index (χ4n) is 2.69.